The first-order valence-corrected chi connectivity index (χ1v) is 7.90. The third kappa shape index (κ3) is 3.05. The number of hydrogen-bond donors (Lipinski definition) is 1. The van der Waals surface area contributed by atoms with E-state index in [2.05, 4.69) is 9.88 Å². The van der Waals surface area contributed by atoms with Crippen LogP contribution in [-0.4, -0.2) is 52.5 Å². The van der Waals surface area contributed by atoms with E-state index in [0.29, 0.717) is 18.3 Å². The van der Waals surface area contributed by atoms with Crippen molar-refractivity contribution in [3.63, 3.8) is 0 Å². The topological polar surface area (TPSA) is 73.7 Å². The molecular formula is C16H21N3O3. The first kappa shape index (κ1) is 14.8. The van der Waals surface area contributed by atoms with Crippen LogP contribution in [0.3, 0.4) is 0 Å². The van der Waals surface area contributed by atoms with Crippen LogP contribution in [0.25, 0.3) is 0 Å². The van der Waals surface area contributed by atoms with E-state index in [1.807, 2.05) is 11.0 Å². The number of anilines is 1. The standard InChI is InChI=1S/C16H21N3O3/c20-15-6-1-2-9-19(15)12-7-10-18(11-8-12)14-5-3-4-13(17-14)16(21)22/h3-5,12H,1-2,6-11H2,(H,21,22). The third-order valence-corrected chi connectivity index (χ3v) is 4.54. The fourth-order valence-corrected chi connectivity index (χ4v) is 3.34. The second-order valence-electron chi connectivity index (χ2n) is 5.95. The van der Waals surface area contributed by atoms with Crippen molar-refractivity contribution in [1.82, 2.24) is 9.88 Å². The lowest BCUT2D eigenvalue weighted by Crippen LogP contribution is -2.49. The van der Waals surface area contributed by atoms with Crippen LogP contribution in [0.15, 0.2) is 18.2 Å². The van der Waals surface area contributed by atoms with Crippen LogP contribution in [0.5, 0.6) is 0 Å². The number of amides is 1. The number of likely N-dealkylation sites (tertiary alicyclic amines) is 1. The molecule has 1 amide bonds. The minimum Gasteiger partial charge on any atom is -0.477 e. The van der Waals surface area contributed by atoms with Crippen LogP contribution in [0.1, 0.15) is 42.6 Å². The first-order chi connectivity index (χ1) is 10.6. The Labute approximate surface area is 129 Å². The quantitative estimate of drug-likeness (QED) is 0.921. The molecule has 22 heavy (non-hydrogen) atoms. The van der Waals surface area contributed by atoms with Gasteiger partial charge in [-0.15, -0.1) is 0 Å². The minimum atomic E-state index is -1.00. The van der Waals surface area contributed by atoms with E-state index >= 15 is 0 Å². The summed E-state index contributed by atoms with van der Waals surface area (Å²) < 4.78 is 0. The van der Waals surface area contributed by atoms with Crippen LogP contribution in [0.2, 0.25) is 0 Å². The highest BCUT2D eigenvalue weighted by Gasteiger charge is 2.29. The van der Waals surface area contributed by atoms with Crippen LogP contribution in [0, 0.1) is 0 Å². The summed E-state index contributed by atoms with van der Waals surface area (Å²) in [5.74, 6) is -0.00494. The molecule has 0 bridgehead atoms. The van der Waals surface area contributed by atoms with Crippen LogP contribution in [-0.2, 0) is 4.79 Å². The highest BCUT2D eigenvalue weighted by atomic mass is 16.4. The zero-order valence-corrected chi connectivity index (χ0v) is 12.6. The normalized spacial score (nSPS) is 20.3. The second kappa shape index (κ2) is 6.34. The highest BCUT2D eigenvalue weighted by Crippen LogP contribution is 2.24. The summed E-state index contributed by atoms with van der Waals surface area (Å²) in [5, 5.41) is 9.02. The molecule has 1 aromatic heterocycles. The summed E-state index contributed by atoms with van der Waals surface area (Å²) in [6.45, 7) is 2.51. The zero-order chi connectivity index (χ0) is 15.5. The lowest BCUT2D eigenvalue weighted by Gasteiger charge is -2.40. The van der Waals surface area contributed by atoms with E-state index in [1.165, 1.54) is 6.07 Å². The minimum absolute atomic E-state index is 0.0748. The number of carboxylic acid groups (broad SMARTS) is 1. The Bertz CT molecular complexity index is 568. The van der Waals surface area contributed by atoms with Gasteiger partial charge in [0.05, 0.1) is 0 Å². The molecule has 0 atom stereocenters. The largest absolute Gasteiger partial charge is 0.477 e. The van der Waals surface area contributed by atoms with Gasteiger partial charge in [0.25, 0.3) is 0 Å². The molecule has 0 unspecified atom stereocenters. The van der Waals surface area contributed by atoms with Crippen molar-refractivity contribution in [3.8, 4) is 0 Å². The second-order valence-corrected chi connectivity index (χ2v) is 5.95. The smallest absolute Gasteiger partial charge is 0.354 e. The molecule has 1 aromatic rings. The molecule has 0 radical (unpaired) electrons. The number of carboxylic acids is 1. The van der Waals surface area contributed by atoms with Gasteiger partial charge in [0.1, 0.15) is 5.82 Å². The molecule has 118 valence electrons. The van der Waals surface area contributed by atoms with Gasteiger partial charge in [0.15, 0.2) is 5.69 Å². The predicted molar refractivity (Wildman–Crippen MR) is 82.0 cm³/mol. The number of carbonyl (C=O) groups excluding carboxylic acids is 1. The molecule has 0 spiro atoms. The van der Waals surface area contributed by atoms with Gasteiger partial charge in [0, 0.05) is 32.1 Å². The number of aromatic nitrogens is 1. The van der Waals surface area contributed by atoms with E-state index in [1.54, 1.807) is 6.07 Å². The van der Waals surface area contributed by atoms with Gasteiger partial charge in [-0.3, -0.25) is 4.79 Å². The lowest BCUT2D eigenvalue weighted by molar-refractivity contribution is -0.136. The van der Waals surface area contributed by atoms with Gasteiger partial charge in [-0.1, -0.05) is 6.07 Å². The van der Waals surface area contributed by atoms with Crippen molar-refractivity contribution in [3.05, 3.63) is 23.9 Å². The van der Waals surface area contributed by atoms with Gasteiger partial charge >= 0.3 is 5.97 Å². The predicted octanol–water partition coefficient (Wildman–Crippen LogP) is 1.76. The average molecular weight is 303 g/mol. The summed E-state index contributed by atoms with van der Waals surface area (Å²) in [6, 6.07) is 5.40. The molecule has 2 saturated heterocycles. The van der Waals surface area contributed by atoms with Crippen molar-refractivity contribution in [2.24, 2.45) is 0 Å². The maximum Gasteiger partial charge on any atom is 0.354 e. The van der Waals surface area contributed by atoms with Crippen molar-refractivity contribution < 1.29 is 14.7 Å². The summed E-state index contributed by atoms with van der Waals surface area (Å²) in [4.78, 5) is 31.4. The number of rotatable bonds is 3. The molecule has 0 aromatic carbocycles. The van der Waals surface area contributed by atoms with Gasteiger partial charge in [-0.2, -0.15) is 0 Å². The van der Waals surface area contributed by atoms with E-state index < -0.39 is 5.97 Å². The Morgan fingerprint density at radius 3 is 2.64 bits per heavy atom. The first-order valence-electron chi connectivity index (χ1n) is 7.90. The van der Waals surface area contributed by atoms with E-state index in [-0.39, 0.29) is 11.6 Å². The Morgan fingerprint density at radius 1 is 1.18 bits per heavy atom. The SMILES string of the molecule is O=C(O)c1cccc(N2CCC(N3CCCCC3=O)CC2)n1. The molecule has 2 aliphatic rings. The summed E-state index contributed by atoms with van der Waals surface area (Å²) in [7, 11) is 0. The fourth-order valence-electron chi connectivity index (χ4n) is 3.34. The van der Waals surface area contributed by atoms with Crippen molar-refractivity contribution in [1.29, 1.82) is 0 Å². The van der Waals surface area contributed by atoms with Crippen LogP contribution < -0.4 is 4.90 Å². The Balaban J connectivity index is 1.63. The zero-order valence-electron chi connectivity index (χ0n) is 12.6. The van der Waals surface area contributed by atoms with E-state index in [0.717, 1.165) is 45.3 Å². The highest BCUT2D eigenvalue weighted by molar-refractivity contribution is 5.85. The van der Waals surface area contributed by atoms with Gasteiger partial charge < -0.3 is 14.9 Å². The maximum atomic E-state index is 12.0. The number of piperidine rings is 2. The molecule has 1 N–H and O–H groups in total. The number of aromatic carboxylic acids is 1. The van der Waals surface area contributed by atoms with Crippen LogP contribution >= 0.6 is 0 Å². The number of nitrogens with zero attached hydrogens (tertiary/aromatic N) is 3. The Kier molecular flexibility index (Phi) is 4.27. The van der Waals surface area contributed by atoms with Crippen molar-refractivity contribution >= 4 is 17.7 Å². The van der Waals surface area contributed by atoms with Gasteiger partial charge in [0.2, 0.25) is 5.91 Å². The average Bonchev–Trinajstić information content (AvgIpc) is 2.56. The fraction of sp³-hybridized carbons (Fsp3) is 0.562. The summed E-state index contributed by atoms with van der Waals surface area (Å²) in [5.41, 5.74) is 0.0748. The van der Waals surface area contributed by atoms with Crippen molar-refractivity contribution in [2.75, 3.05) is 24.5 Å². The molecular weight excluding hydrogens is 282 g/mol. The molecule has 6 heteroatoms. The lowest BCUT2D eigenvalue weighted by atomic mass is 9.99. The molecule has 6 nitrogen and oxygen atoms in total. The Hall–Kier alpha value is -2.11. The van der Waals surface area contributed by atoms with E-state index in [9.17, 15) is 9.59 Å². The monoisotopic (exact) mass is 303 g/mol. The van der Waals surface area contributed by atoms with Crippen molar-refractivity contribution in [2.45, 2.75) is 38.1 Å². The van der Waals surface area contributed by atoms with Gasteiger partial charge in [-0.05, 0) is 37.8 Å². The Morgan fingerprint density at radius 2 is 1.95 bits per heavy atom. The third-order valence-electron chi connectivity index (χ3n) is 4.54. The molecule has 2 fully saturated rings. The van der Waals surface area contributed by atoms with Crippen LogP contribution in [0.4, 0.5) is 5.82 Å². The molecule has 2 aliphatic heterocycles. The molecule has 0 aliphatic carbocycles. The summed E-state index contributed by atoms with van der Waals surface area (Å²) >= 11 is 0. The maximum absolute atomic E-state index is 12.0. The number of pyridine rings is 1. The molecule has 3 heterocycles. The van der Waals surface area contributed by atoms with E-state index in [4.69, 9.17) is 5.11 Å². The molecule has 3 rings (SSSR count). The van der Waals surface area contributed by atoms with Gasteiger partial charge in [-0.25, -0.2) is 9.78 Å². The molecule has 0 saturated carbocycles. The number of hydrogen-bond acceptors (Lipinski definition) is 4. The number of carbonyl (C=O) groups is 2. The summed E-state index contributed by atoms with van der Waals surface area (Å²) in [6.07, 6.45) is 4.64.